The second kappa shape index (κ2) is 8.66. The average Bonchev–Trinajstić information content (AvgIpc) is 2.33. The first-order chi connectivity index (χ1) is 8.19. The molecule has 0 aliphatic heterocycles. The number of aromatic nitrogens is 1. The summed E-state index contributed by atoms with van der Waals surface area (Å²) in [6.45, 7) is 5.78. The third-order valence-corrected chi connectivity index (χ3v) is 2.62. The molecule has 5 nitrogen and oxygen atoms in total. The van der Waals surface area contributed by atoms with E-state index in [1.54, 1.807) is 24.5 Å². The second-order valence-electron chi connectivity index (χ2n) is 3.33. The van der Waals surface area contributed by atoms with Gasteiger partial charge in [0.1, 0.15) is 5.69 Å². The van der Waals surface area contributed by atoms with E-state index in [0.717, 1.165) is 13.1 Å². The highest BCUT2D eigenvalue weighted by atomic mass is 35.5. The number of hydrogen-bond acceptors (Lipinski definition) is 4. The van der Waals surface area contributed by atoms with Gasteiger partial charge in [-0.05, 0) is 38.2 Å². The highest BCUT2D eigenvalue weighted by Gasteiger charge is 2.02. The summed E-state index contributed by atoms with van der Waals surface area (Å²) < 4.78 is 0. The molecule has 0 atom stereocenters. The standard InChI is InChI=1S/C11H17N5S.ClH/c1-3-16(4-2)11(17)15-14-8-10-9(12)6-5-7-13-10;/h5-8H,3-4,12H2,1-2H3,(H,15,17);1H. The fraction of sp³-hybridized carbons (Fsp3) is 0.364. The van der Waals surface area contributed by atoms with E-state index < -0.39 is 0 Å². The summed E-state index contributed by atoms with van der Waals surface area (Å²) in [7, 11) is 0. The van der Waals surface area contributed by atoms with Crippen molar-refractivity contribution in [3.63, 3.8) is 0 Å². The second-order valence-corrected chi connectivity index (χ2v) is 3.71. The maximum atomic E-state index is 5.72. The van der Waals surface area contributed by atoms with Crippen LogP contribution in [0, 0.1) is 0 Å². The Morgan fingerprint density at radius 1 is 1.56 bits per heavy atom. The molecular weight excluding hydrogens is 270 g/mol. The molecule has 7 heteroatoms. The van der Waals surface area contributed by atoms with Gasteiger partial charge in [-0.1, -0.05) is 0 Å². The van der Waals surface area contributed by atoms with Crippen LogP contribution in [0.1, 0.15) is 19.5 Å². The van der Waals surface area contributed by atoms with Crippen molar-refractivity contribution in [2.45, 2.75) is 13.8 Å². The van der Waals surface area contributed by atoms with Gasteiger partial charge in [-0.2, -0.15) is 5.10 Å². The highest BCUT2D eigenvalue weighted by molar-refractivity contribution is 7.80. The first kappa shape index (κ1) is 16.6. The number of halogens is 1. The third-order valence-electron chi connectivity index (χ3n) is 2.27. The molecule has 0 unspecified atom stereocenters. The highest BCUT2D eigenvalue weighted by Crippen LogP contribution is 2.02. The molecule has 0 aliphatic rings. The minimum atomic E-state index is 0. The minimum Gasteiger partial charge on any atom is -0.397 e. The molecule has 0 bridgehead atoms. The van der Waals surface area contributed by atoms with E-state index in [-0.39, 0.29) is 12.4 Å². The summed E-state index contributed by atoms with van der Waals surface area (Å²) >= 11 is 5.17. The van der Waals surface area contributed by atoms with Crippen molar-refractivity contribution in [1.29, 1.82) is 0 Å². The van der Waals surface area contributed by atoms with E-state index in [0.29, 0.717) is 16.5 Å². The van der Waals surface area contributed by atoms with Crippen molar-refractivity contribution >= 4 is 41.6 Å². The molecule has 1 aromatic rings. The Hall–Kier alpha value is -1.40. The molecule has 0 aromatic carbocycles. The zero-order valence-corrected chi connectivity index (χ0v) is 12.1. The van der Waals surface area contributed by atoms with Crippen molar-refractivity contribution < 1.29 is 0 Å². The predicted molar refractivity (Wildman–Crippen MR) is 82.1 cm³/mol. The topological polar surface area (TPSA) is 66.5 Å². The summed E-state index contributed by atoms with van der Waals surface area (Å²) in [5.41, 5.74) is 9.73. The molecule has 1 heterocycles. The van der Waals surface area contributed by atoms with E-state index in [2.05, 4.69) is 15.5 Å². The molecule has 0 saturated heterocycles. The van der Waals surface area contributed by atoms with Crippen LogP contribution in [0.5, 0.6) is 0 Å². The predicted octanol–water partition coefficient (Wildman–Crippen LogP) is 1.64. The Labute approximate surface area is 119 Å². The average molecular weight is 288 g/mol. The molecular formula is C11H18ClN5S. The summed E-state index contributed by atoms with van der Waals surface area (Å²) in [5, 5.41) is 4.62. The van der Waals surface area contributed by atoms with Crippen molar-refractivity contribution in [1.82, 2.24) is 15.3 Å². The Morgan fingerprint density at radius 2 is 2.22 bits per heavy atom. The van der Waals surface area contributed by atoms with Gasteiger partial charge in [0.2, 0.25) is 0 Å². The number of anilines is 1. The lowest BCUT2D eigenvalue weighted by Crippen LogP contribution is -2.37. The molecule has 1 rings (SSSR count). The van der Waals surface area contributed by atoms with Gasteiger partial charge in [-0.3, -0.25) is 10.4 Å². The largest absolute Gasteiger partial charge is 0.397 e. The number of hydrazone groups is 1. The number of nitrogens with two attached hydrogens (primary N) is 1. The molecule has 0 fully saturated rings. The maximum Gasteiger partial charge on any atom is 0.189 e. The van der Waals surface area contributed by atoms with Crippen LogP contribution in [-0.2, 0) is 0 Å². The van der Waals surface area contributed by atoms with E-state index in [1.165, 1.54) is 0 Å². The lowest BCUT2D eigenvalue weighted by molar-refractivity contribution is 0.458. The number of hydrogen-bond donors (Lipinski definition) is 2. The van der Waals surface area contributed by atoms with Gasteiger partial charge in [-0.25, -0.2) is 0 Å². The molecule has 0 spiro atoms. The SMILES string of the molecule is CCN(CC)C(=S)NN=Cc1ncccc1N.Cl. The maximum absolute atomic E-state index is 5.72. The zero-order chi connectivity index (χ0) is 12.7. The van der Waals surface area contributed by atoms with Gasteiger partial charge in [-0.15, -0.1) is 12.4 Å². The molecule has 100 valence electrons. The fourth-order valence-electron chi connectivity index (χ4n) is 1.27. The molecule has 0 saturated carbocycles. The molecule has 3 N–H and O–H groups in total. The van der Waals surface area contributed by atoms with E-state index in [1.807, 2.05) is 18.7 Å². The van der Waals surface area contributed by atoms with Crippen LogP contribution in [0.3, 0.4) is 0 Å². The fourth-order valence-corrected chi connectivity index (χ4v) is 1.58. The van der Waals surface area contributed by atoms with Gasteiger partial charge in [0.25, 0.3) is 0 Å². The van der Waals surface area contributed by atoms with Crippen LogP contribution in [-0.4, -0.2) is 34.3 Å². The van der Waals surface area contributed by atoms with Gasteiger partial charge in [0.05, 0.1) is 11.9 Å². The first-order valence-corrected chi connectivity index (χ1v) is 5.88. The van der Waals surface area contributed by atoms with Gasteiger partial charge >= 0.3 is 0 Å². The molecule has 18 heavy (non-hydrogen) atoms. The van der Waals surface area contributed by atoms with Gasteiger partial charge in [0, 0.05) is 19.3 Å². The summed E-state index contributed by atoms with van der Waals surface area (Å²) in [6.07, 6.45) is 3.23. The van der Waals surface area contributed by atoms with E-state index >= 15 is 0 Å². The number of rotatable bonds is 4. The lowest BCUT2D eigenvalue weighted by atomic mass is 10.3. The van der Waals surface area contributed by atoms with Crippen LogP contribution in [0.15, 0.2) is 23.4 Å². The normalized spacial score (nSPS) is 9.89. The summed E-state index contributed by atoms with van der Waals surface area (Å²) in [4.78, 5) is 6.08. The Morgan fingerprint density at radius 3 is 2.78 bits per heavy atom. The van der Waals surface area contributed by atoms with Crippen molar-refractivity contribution in [2.24, 2.45) is 5.10 Å². The Bertz CT molecular complexity index is 406. The monoisotopic (exact) mass is 287 g/mol. The minimum absolute atomic E-state index is 0. The zero-order valence-electron chi connectivity index (χ0n) is 10.5. The smallest absolute Gasteiger partial charge is 0.189 e. The summed E-state index contributed by atoms with van der Waals surface area (Å²) in [5.74, 6) is 0. The van der Waals surface area contributed by atoms with E-state index in [4.69, 9.17) is 18.0 Å². The molecule has 0 amide bonds. The van der Waals surface area contributed by atoms with Crippen molar-refractivity contribution in [2.75, 3.05) is 18.8 Å². The Balaban J connectivity index is 0.00000289. The first-order valence-electron chi connectivity index (χ1n) is 5.47. The summed E-state index contributed by atoms with van der Waals surface area (Å²) in [6, 6.07) is 3.55. The van der Waals surface area contributed by atoms with E-state index in [9.17, 15) is 0 Å². The quantitative estimate of drug-likeness (QED) is 0.501. The number of nitrogen functional groups attached to an aromatic ring is 1. The van der Waals surface area contributed by atoms with Crippen LogP contribution >= 0.6 is 24.6 Å². The lowest BCUT2D eigenvalue weighted by Gasteiger charge is -2.20. The van der Waals surface area contributed by atoms with Crippen molar-refractivity contribution in [3.8, 4) is 0 Å². The Kier molecular flexibility index (Phi) is 7.98. The number of nitrogens with zero attached hydrogens (tertiary/aromatic N) is 3. The number of nitrogens with one attached hydrogen (secondary N) is 1. The molecule has 0 aliphatic carbocycles. The van der Waals surface area contributed by atoms with Crippen LogP contribution in [0.4, 0.5) is 5.69 Å². The number of pyridine rings is 1. The molecule has 0 radical (unpaired) electrons. The van der Waals surface area contributed by atoms with Crippen LogP contribution in [0.25, 0.3) is 0 Å². The van der Waals surface area contributed by atoms with Crippen LogP contribution < -0.4 is 11.2 Å². The van der Waals surface area contributed by atoms with Gasteiger partial charge < -0.3 is 10.6 Å². The third kappa shape index (κ3) is 4.85. The van der Waals surface area contributed by atoms with Crippen molar-refractivity contribution in [3.05, 3.63) is 24.0 Å². The molecule has 1 aromatic heterocycles. The number of thiocarbonyl (C=S) groups is 1. The van der Waals surface area contributed by atoms with Crippen LogP contribution in [0.2, 0.25) is 0 Å². The van der Waals surface area contributed by atoms with Gasteiger partial charge in [0.15, 0.2) is 5.11 Å².